The normalized spacial score (nSPS) is 14.9. The molecule has 3 heterocycles. The number of halogens is 1. The lowest BCUT2D eigenvalue weighted by molar-refractivity contribution is 0.522. The van der Waals surface area contributed by atoms with Gasteiger partial charge in [0.1, 0.15) is 5.82 Å². The minimum atomic E-state index is -0.271. The first-order chi connectivity index (χ1) is 14.2. The number of aromatic amines is 1. The number of hydrogen-bond acceptors (Lipinski definition) is 5. The number of aromatic nitrogens is 3. The zero-order chi connectivity index (χ0) is 20.1. The van der Waals surface area contributed by atoms with Gasteiger partial charge in [-0.15, -0.1) is 0 Å². The summed E-state index contributed by atoms with van der Waals surface area (Å²) < 4.78 is 13.4. The topological polar surface area (TPSA) is 73.9 Å². The first-order valence-electron chi connectivity index (χ1n) is 9.90. The van der Waals surface area contributed by atoms with Crippen molar-refractivity contribution in [3.63, 3.8) is 0 Å². The van der Waals surface area contributed by atoms with E-state index in [1.54, 1.807) is 30.6 Å². The molecule has 7 heteroatoms. The summed E-state index contributed by atoms with van der Waals surface area (Å²) in [4.78, 5) is 25.9. The molecule has 1 fully saturated rings. The summed E-state index contributed by atoms with van der Waals surface area (Å²) in [6, 6.07) is 11.8. The molecule has 3 aromatic rings. The van der Waals surface area contributed by atoms with Crippen molar-refractivity contribution in [1.82, 2.24) is 20.3 Å². The van der Waals surface area contributed by atoms with E-state index >= 15 is 0 Å². The molecule has 0 spiro atoms. The first-order valence-corrected chi connectivity index (χ1v) is 9.90. The molecule has 0 aliphatic carbocycles. The smallest absolute Gasteiger partial charge is 0.252 e. The summed E-state index contributed by atoms with van der Waals surface area (Å²) >= 11 is 0. The number of pyridine rings is 1. The molecule has 0 bridgehead atoms. The number of rotatable bonds is 7. The monoisotopic (exact) mass is 393 g/mol. The molecule has 29 heavy (non-hydrogen) atoms. The Labute approximate surface area is 168 Å². The quantitative estimate of drug-likeness (QED) is 0.646. The molecular formula is C22H24FN5O. The van der Waals surface area contributed by atoms with Gasteiger partial charge in [-0.2, -0.15) is 0 Å². The molecule has 0 unspecified atom stereocenters. The fourth-order valence-corrected chi connectivity index (χ4v) is 3.63. The predicted molar refractivity (Wildman–Crippen MR) is 110 cm³/mol. The fourth-order valence-electron chi connectivity index (χ4n) is 3.63. The minimum absolute atomic E-state index is 0.107. The maximum atomic E-state index is 13.4. The highest BCUT2D eigenvalue weighted by Crippen LogP contribution is 2.20. The Hall–Kier alpha value is -3.06. The summed E-state index contributed by atoms with van der Waals surface area (Å²) in [6.07, 6.45) is 6.26. The van der Waals surface area contributed by atoms with E-state index in [1.165, 1.54) is 12.1 Å². The van der Waals surface area contributed by atoms with Crippen molar-refractivity contribution in [3.05, 3.63) is 87.9 Å². The van der Waals surface area contributed by atoms with Gasteiger partial charge in [-0.1, -0.05) is 12.1 Å². The van der Waals surface area contributed by atoms with Crippen LogP contribution >= 0.6 is 0 Å². The third-order valence-corrected chi connectivity index (χ3v) is 5.18. The number of hydrogen-bond donors (Lipinski definition) is 2. The average Bonchev–Trinajstić information content (AvgIpc) is 3.27. The van der Waals surface area contributed by atoms with E-state index in [2.05, 4.69) is 20.2 Å². The molecule has 0 radical (unpaired) electrons. The van der Waals surface area contributed by atoms with Gasteiger partial charge in [-0.3, -0.25) is 14.8 Å². The molecule has 6 nitrogen and oxygen atoms in total. The van der Waals surface area contributed by atoms with Gasteiger partial charge in [-0.05, 0) is 48.2 Å². The van der Waals surface area contributed by atoms with E-state index in [-0.39, 0.29) is 17.4 Å². The van der Waals surface area contributed by atoms with Crippen LogP contribution in [0.5, 0.6) is 0 Å². The van der Waals surface area contributed by atoms with Crippen molar-refractivity contribution in [2.75, 3.05) is 18.0 Å². The molecule has 0 amide bonds. The Bertz CT molecular complexity index is 984. The second-order valence-corrected chi connectivity index (χ2v) is 7.30. The predicted octanol–water partition coefficient (Wildman–Crippen LogP) is 2.98. The molecule has 1 aliphatic rings. The average molecular weight is 393 g/mol. The second-order valence-electron chi connectivity index (χ2n) is 7.30. The van der Waals surface area contributed by atoms with Gasteiger partial charge < -0.3 is 10.2 Å². The van der Waals surface area contributed by atoms with Crippen molar-refractivity contribution in [2.24, 2.45) is 0 Å². The lowest BCUT2D eigenvalue weighted by atomic mass is 10.0. The van der Waals surface area contributed by atoms with Gasteiger partial charge in [0.2, 0.25) is 5.95 Å². The lowest BCUT2D eigenvalue weighted by Gasteiger charge is -2.21. The molecule has 2 N–H and O–H groups in total. The van der Waals surface area contributed by atoms with Gasteiger partial charge in [0, 0.05) is 50.6 Å². The summed E-state index contributed by atoms with van der Waals surface area (Å²) in [7, 11) is 0. The minimum Gasteiger partial charge on any atom is -0.342 e. The van der Waals surface area contributed by atoms with Crippen LogP contribution in [0.4, 0.5) is 10.3 Å². The molecule has 1 saturated heterocycles. The van der Waals surface area contributed by atoms with Crippen LogP contribution in [0.3, 0.4) is 0 Å². The molecule has 4 rings (SSSR count). The Kier molecular flexibility index (Phi) is 5.95. The summed E-state index contributed by atoms with van der Waals surface area (Å²) in [5.74, 6) is 0.365. The largest absolute Gasteiger partial charge is 0.342 e. The molecule has 2 aromatic heterocycles. The van der Waals surface area contributed by atoms with Gasteiger partial charge in [0.15, 0.2) is 0 Å². The van der Waals surface area contributed by atoms with Crippen LogP contribution in [0.25, 0.3) is 0 Å². The zero-order valence-electron chi connectivity index (χ0n) is 16.1. The van der Waals surface area contributed by atoms with Crippen LogP contribution in [-0.4, -0.2) is 28.0 Å². The first kappa shape index (κ1) is 19.3. The van der Waals surface area contributed by atoms with E-state index < -0.39 is 0 Å². The van der Waals surface area contributed by atoms with Crippen molar-refractivity contribution < 1.29 is 4.39 Å². The summed E-state index contributed by atoms with van der Waals surface area (Å²) in [6.45, 7) is 2.45. The van der Waals surface area contributed by atoms with E-state index in [0.29, 0.717) is 24.6 Å². The number of nitrogens with one attached hydrogen (secondary N) is 2. The van der Waals surface area contributed by atoms with Crippen molar-refractivity contribution in [2.45, 2.75) is 31.8 Å². The van der Waals surface area contributed by atoms with Crippen LogP contribution in [0, 0.1) is 5.82 Å². The van der Waals surface area contributed by atoms with E-state index in [1.807, 2.05) is 12.1 Å². The van der Waals surface area contributed by atoms with Crippen LogP contribution in [0.1, 0.15) is 35.7 Å². The number of anilines is 1. The summed E-state index contributed by atoms with van der Waals surface area (Å²) in [5.41, 5.74) is 2.62. The lowest BCUT2D eigenvalue weighted by Crippen LogP contribution is -2.27. The number of H-pyrrole nitrogens is 1. The Morgan fingerprint density at radius 1 is 1.10 bits per heavy atom. The SMILES string of the molecule is O=c1cc(C[C@H](NCc2ccncc2)c2ccc(F)cc2)nc(N2CCCC2)[nH]1. The Balaban J connectivity index is 1.57. The number of nitrogens with zero attached hydrogens (tertiary/aromatic N) is 3. The fraction of sp³-hybridized carbons (Fsp3) is 0.318. The third kappa shape index (κ3) is 5.06. The van der Waals surface area contributed by atoms with E-state index in [9.17, 15) is 9.18 Å². The molecule has 1 aliphatic heterocycles. The molecule has 1 aromatic carbocycles. The van der Waals surface area contributed by atoms with E-state index in [0.717, 1.165) is 37.1 Å². The maximum Gasteiger partial charge on any atom is 0.252 e. The van der Waals surface area contributed by atoms with Crippen molar-refractivity contribution in [1.29, 1.82) is 0 Å². The Morgan fingerprint density at radius 3 is 2.55 bits per heavy atom. The molecule has 1 atom stereocenters. The van der Waals surface area contributed by atoms with Gasteiger partial charge in [0.25, 0.3) is 5.56 Å². The zero-order valence-corrected chi connectivity index (χ0v) is 16.1. The standard InChI is InChI=1S/C22H24FN5O/c23-18-5-3-17(4-6-18)20(25-15-16-7-9-24-10-8-16)13-19-14-21(29)27-22(26-19)28-11-1-2-12-28/h3-10,14,20,25H,1-2,11-13,15H2,(H,26,27,29)/t20-/m0/s1. The van der Waals surface area contributed by atoms with Crippen molar-refractivity contribution >= 4 is 5.95 Å². The third-order valence-electron chi connectivity index (χ3n) is 5.18. The molecule has 150 valence electrons. The molecule has 0 saturated carbocycles. The van der Waals surface area contributed by atoms with Gasteiger partial charge >= 0.3 is 0 Å². The van der Waals surface area contributed by atoms with Crippen LogP contribution in [0.2, 0.25) is 0 Å². The van der Waals surface area contributed by atoms with Gasteiger partial charge in [-0.25, -0.2) is 9.37 Å². The van der Waals surface area contributed by atoms with Crippen LogP contribution in [-0.2, 0) is 13.0 Å². The van der Waals surface area contributed by atoms with E-state index in [4.69, 9.17) is 4.98 Å². The molecular weight excluding hydrogens is 369 g/mol. The summed E-state index contributed by atoms with van der Waals surface area (Å²) in [5, 5.41) is 3.51. The van der Waals surface area contributed by atoms with Crippen LogP contribution in [0.15, 0.2) is 59.7 Å². The highest BCUT2D eigenvalue weighted by molar-refractivity contribution is 5.32. The maximum absolute atomic E-state index is 13.4. The second kappa shape index (κ2) is 8.96. The van der Waals surface area contributed by atoms with Crippen LogP contribution < -0.4 is 15.8 Å². The highest BCUT2D eigenvalue weighted by atomic mass is 19.1. The van der Waals surface area contributed by atoms with Crippen molar-refractivity contribution in [3.8, 4) is 0 Å². The highest BCUT2D eigenvalue weighted by Gasteiger charge is 2.18. The van der Waals surface area contributed by atoms with Gasteiger partial charge in [0.05, 0.1) is 5.69 Å². The Morgan fingerprint density at radius 2 is 1.83 bits per heavy atom. The number of benzene rings is 1.